The maximum Gasteiger partial charge on any atom is 0.213 e. The van der Waals surface area contributed by atoms with Crippen molar-refractivity contribution >= 4 is 22.5 Å². The molecule has 2 aliphatic heterocycles. The summed E-state index contributed by atoms with van der Waals surface area (Å²) in [5.74, 6) is 0.295. The topological polar surface area (TPSA) is 113 Å². The molecule has 0 radical (unpaired) electrons. The number of hydrogen-bond acceptors (Lipinski definition) is 7. The van der Waals surface area contributed by atoms with Crippen molar-refractivity contribution < 1.29 is 19.7 Å². The summed E-state index contributed by atoms with van der Waals surface area (Å²) >= 11 is 5.90. The molecule has 0 unspecified atom stereocenters. The van der Waals surface area contributed by atoms with E-state index in [2.05, 4.69) is 16.0 Å². The zero-order chi connectivity index (χ0) is 24.4. The van der Waals surface area contributed by atoms with E-state index in [-0.39, 0.29) is 11.8 Å². The number of nitrogens with zero attached hydrogens (tertiary/aromatic N) is 4. The minimum absolute atomic E-state index is 0.0725. The average Bonchev–Trinajstić information content (AvgIpc) is 3.44. The zero-order valence-corrected chi connectivity index (χ0v) is 19.6. The Hall–Kier alpha value is -3.80. The van der Waals surface area contributed by atoms with Gasteiger partial charge in [-0.15, -0.1) is 0 Å². The highest BCUT2D eigenvalue weighted by atomic mass is 35.5. The van der Waals surface area contributed by atoms with E-state index >= 15 is 0 Å². The van der Waals surface area contributed by atoms with Crippen LogP contribution >= 0.6 is 11.6 Å². The van der Waals surface area contributed by atoms with E-state index in [9.17, 15) is 15.5 Å². The molecule has 9 heteroatoms. The summed E-state index contributed by atoms with van der Waals surface area (Å²) in [6.45, 7) is 2.24. The third-order valence-electron chi connectivity index (χ3n) is 7.10. The highest BCUT2D eigenvalue weighted by Gasteiger charge is 2.61. The second kappa shape index (κ2) is 7.60. The number of nitriles is 1. The van der Waals surface area contributed by atoms with E-state index in [4.69, 9.17) is 21.1 Å². The summed E-state index contributed by atoms with van der Waals surface area (Å²) in [7, 11) is 0. The van der Waals surface area contributed by atoms with Crippen molar-refractivity contribution in [1.29, 1.82) is 5.26 Å². The molecule has 2 atom stereocenters. The van der Waals surface area contributed by atoms with E-state index in [1.165, 1.54) is 10.8 Å². The molecular weight excluding hydrogens is 468 g/mol. The Balaban J connectivity index is 1.43. The van der Waals surface area contributed by atoms with Gasteiger partial charge in [-0.25, -0.2) is 4.98 Å². The Morgan fingerprint density at radius 1 is 1.14 bits per heavy atom. The maximum atomic E-state index is 11.5. The fourth-order valence-electron chi connectivity index (χ4n) is 5.55. The van der Waals surface area contributed by atoms with Crippen LogP contribution in [0.5, 0.6) is 17.6 Å². The van der Waals surface area contributed by atoms with Gasteiger partial charge in [-0.2, -0.15) is 5.26 Å². The molecule has 0 spiro atoms. The molecule has 176 valence electrons. The summed E-state index contributed by atoms with van der Waals surface area (Å²) in [5, 5.41) is 33.5. The van der Waals surface area contributed by atoms with Crippen molar-refractivity contribution in [1.82, 2.24) is 14.5 Å². The lowest BCUT2D eigenvalue weighted by molar-refractivity contribution is -0.0877. The van der Waals surface area contributed by atoms with Crippen molar-refractivity contribution in [3.05, 3.63) is 70.5 Å². The van der Waals surface area contributed by atoms with Gasteiger partial charge in [0, 0.05) is 30.3 Å². The first-order valence-electron chi connectivity index (χ1n) is 11.3. The predicted molar refractivity (Wildman–Crippen MR) is 128 cm³/mol. The first-order valence-corrected chi connectivity index (χ1v) is 11.6. The van der Waals surface area contributed by atoms with Gasteiger partial charge in [0.25, 0.3) is 0 Å². The molecule has 1 saturated heterocycles. The van der Waals surface area contributed by atoms with Gasteiger partial charge < -0.3 is 19.7 Å². The lowest BCUT2D eigenvalue weighted by Gasteiger charge is -2.26. The molecule has 2 N–H and O–H groups in total. The smallest absolute Gasteiger partial charge is 0.213 e. The minimum atomic E-state index is -0.802. The zero-order valence-electron chi connectivity index (χ0n) is 18.8. The number of halogens is 1. The number of fused-ring (bicyclic) bond motifs is 6. The lowest BCUT2D eigenvalue weighted by atomic mass is 9.78. The molecule has 1 aromatic carbocycles. The first-order chi connectivity index (χ1) is 16.9. The molecule has 2 bridgehead atoms. The van der Waals surface area contributed by atoms with Crippen molar-refractivity contribution in [2.75, 3.05) is 6.61 Å². The maximum absolute atomic E-state index is 11.5. The monoisotopic (exact) mass is 488 g/mol. The summed E-state index contributed by atoms with van der Waals surface area (Å²) in [6.07, 6.45) is 4.98. The fourth-order valence-corrected chi connectivity index (χ4v) is 5.66. The highest BCUT2D eigenvalue weighted by molar-refractivity contribution is 6.30. The number of ether oxygens (including phenoxy) is 2. The molecule has 4 aromatic rings. The Kier molecular flexibility index (Phi) is 4.72. The van der Waals surface area contributed by atoms with Gasteiger partial charge in [-0.3, -0.25) is 9.55 Å². The number of benzene rings is 1. The van der Waals surface area contributed by atoms with Crippen LogP contribution in [0, 0.1) is 11.3 Å². The first kappa shape index (κ1) is 21.7. The molecule has 3 aromatic heterocycles. The SMILES string of the molecule is C[C@@]12CC[C@@](CCOc3ccc(Cl)cn3)(O1)c1c2c(O)n(-c2ccc(C#N)c3ncccc23)c1O. The minimum Gasteiger partial charge on any atom is -0.494 e. The molecule has 2 aliphatic rings. The summed E-state index contributed by atoms with van der Waals surface area (Å²) in [4.78, 5) is 8.51. The van der Waals surface area contributed by atoms with Crippen molar-refractivity contribution in [2.45, 2.75) is 37.4 Å². The van der Waals surface area contributed by atoms with E-state index in [1.54, 1.807) is 36.5 Å². The lowest BCUT2D eigenvalue weighted by Crippen LogP contribution is -2.25. The third kappa shape index (κ3) is 3.09. The van der Waals surface area contributed by atoms with Crippen LogP contribution in [-0.2, 0) is 15.9 Å². The Labute approximate surface area is 206 Å². The van der Waals surface area contributed by atoms with Gasteiger partial charge in [0.2, 0.25) is 17.6 Å². The van der Waals surface area contributed by atoms with Crippen LogP contribution < -0.4 is 4.74 Å². The van der Waals surface area contributed by atoms with Gasteiger partial charge in [0.1, 0.15) is 11.7 Å². The summed E-state index contributed by atoms with van der Waals surface area (Å²) in [5.41, 5.74) is 1.10. The van der Waals surface area contributed by atoms with E-state index in [1.807, 2.05) is 13.0 Å². The largest absolute Gasteiger partial charge is 0.494 e. The number of rotatable bonds is 5. The van der Waals surface area contributed by atoms with Gasteiger partial charge in [0.15, 0.2) is 0 Å². The van der Waals surface area contributed by atoms with Crippen LogP contribution in [0.15, 0.2) is 48.8 Å². The molecule has 0 saturated carbocycles. The van der Waals surface area contributed by atoms with Crippen LogP contribution in [0.25, 0.3) is 16.6 Å². The van der Waals surface area contributed by atoms with Gasteiger partial charge >= 0.3 is 0 Å². The molecule has 5 heterocycles. The van der Waals surface area contributed by atoms with Gasteiger partial charge in [-0.05, 0) is 50.1 Å². The second-order valence-corrected chi connectivity index (χ2v) is 9.55. The van der Waals surface area contributed by atoms with E-state index < -0.39 is 11.2 Å². The van der Waals surface area contributed by atoms with Crippen molar-refractivity contribution in [2.24, 2.45) is 0 Å². The van der Waals surface area contributed by atoms with Crippen LogP contribution in [0.4, 0.5) is 0 Å². The number of hydrogen-bond donors (Lipinski definition) is 2. The number of aromatic nitrogens is 3. The van der Waals surface area contributed by atoms with Crippen molar-refractivity contribution in [3.63, 3.8) is 0 Å². The fraction of sp³-hybridized carbons (Fsp3) is 0.269. The molecule has 1 fully saturated rings. The Morgan fingerprint density at radius 3 is 2.74 bits per heavy atom. The van der Waals surface area contributed by atoms with E-state index in [0.29, 0.717) is 70.1 Å². The second-order valence-electron chi connectivity index (χ2n) is 9.12. The number of aromatic hydroxyl groups is 2. The third-order valence-corrected chi connectivity index (χ3v) is 7.32. The van der Waals surface area contributed by atoms with Gasteiger partial charge in [0.05, 0.1) is 45.1 Å². The van der Waals surface area contributed by atoms with Crippen molar-refractivity contribution in [3.8, 4) is 29.4 Å². The van der Waals surface area contributed by atoms with Crippen LogP contribution in [0.3, 0.4) is 0 Å². The summed E-state index contributed by atoms with van der Waals surface area (Å²) < 4.78 is 13.7. The predicted octanol–water partition coefficient (Wildman–Crippen LogP) is 5.06. The van der Waals surface area contributed by atoms with Crippen LogP contribution in [-0.4, -0.2) is 31.4 Å². The quantitative estimate of drug-likeness (QED) is 0.403. The Bertz CT molecular complexity index is 1530. The van der Waals surface area contributed by atoms with Crippen LogP contribution in [0.2, 0.25) is 5.02 Å². The highest BCUT2D eigenvalue weighted by Crippen LogP contribution is 2.65. The Morgan fingerprint density at radius 2 is 1.97 bits per heavy atom. The normalized spacial score (nSPS) is 22.3. The van der Waals surface area contributed by atoms with E-state index in [0.717, 1.165) is 0 Å². The van der Waals surface area contributed by atoms with Gasteiger partial charge in [-0.1, -0.05) is 11.6 Å². The standard InChI is InChI=1S/C26H21ClN4O4/c1-25-8-9-26(35-25,10-12-34-19-7-5-16(27)14-30-19)21-20(25)23(32)31(24(21)33)18-6-4-15(13-28)22-17(18)3-2-11-29-22/h2-7,11,14,32-33H,8-10,12H2,1H3/t25-,26-/m0/s1. The molecule has 0 amide bonds. The molecule has 8 nitrogen and oxygen atoms in total. The average molecular weight is 489 g/mol. The molecule has 35 heavy (non-hydrogen) atoms. The van der Waals surface area contributed by atoms with Crippen LogP contribution in [0.1, 0.15) is 42.9 Å². The summed E-state index contributed by atoms with van der Waals surface area (Å²) in [6, 6.07) is 12.5. The molecule has 0 aliphatic carbocycles. The molecular formula is C26H21ClN4O4. The number of pyridine rings is 2. The molecule has 6 rings (SSSR count).